The van der Waals surface area contributed by atoms with Gasteiger partial charge in [-0.05, 0) is 18.8 Å². The lowest BCUT2D eigenvalue weighted by Gasteiger charge is -2.33. The van der Waals surface area contributed by atoms with Gasteiger partial charge in [0.2, 0.25) is 0 Å². The molecule has 0 amide bonds. The Morgan fingerprint density at radius 1 is 1.33 bits per heavy atom. The van der Waals surface area contributed by atoms with Crippen molar-refractivity contribution >= 4 is 11.4 Å². The van der Waals surface area contributed by atoms with Gasteiger partial charge in [-0.15, -0.1) is 0 Å². The number of hydrogen-bond donors (Lipinski definition) is 0. The van der Waals surface area contributed by atoms with E-state index >= 15 is 0 Å². The van der Waals surface area contributed by atoms with E-state index in [0.29, 0.717) is 11.7 Å². The highest BCUT2D eigenvalue weighted by molar-refractivity contribution is 5.82. The number of benzene rings is 1. The molecule has 2 heterocycles. The molecule has 24 heavy (non-hydrogen) atoms. The molecule has 0 unspecified atom stereocenters. The summed E-state index contributed by atoms with van der Waals surface area (Å²) in [6, 6.07) is 3.39. The first kappa shape index (κ1) is 16.3. The summed E-state index contributed by atoms with van der Waals surface area (Å²) in [4.78, 5) is 13.3. The molecule has 0 saturated carbocycles. The Morgan fingerprint density at radius 2 is 2.04 bits per heavy atom. The number of nitrogens with zero attached hydrogens (tertiary/aromatic N) is 4. The fraction of sp³-hybridized carbons (Fsp3) is 0.471. The number of anilines is 1. The number of methoxy groups -OCH3 is 1. The van der Waals surface area contributed by atoms with Crippen LogP contribution in [0.3, 0.4) is 0 Å². The first-order chi connectivity index (χ1) is 11.5. The Bertz CT molecular complexity index is 748. The van der Waals surface area contributed by atoms with E-state index in [1.807, 2.05) is 13.2 Å². The zero-order chi connectivity index (χ0) is 17.3. The summed E-state index contributed by atoms with van der Waals surface area (Å²) < 4.78 is 6.97. The number of nitro groups is 1. The average Bonchev–Trinajstić information content (AvgIpc) is 3.00. The molecule has 1 aromatic carbocycles. The highest BCUT2D eigenvalue weighted by atomic mass is 16.6. The van der Waals surface area contributed by atoms with Crippen molar-refractivity contribution in [1.29, 1.82) is 0 Å². The van der Waals surface area contributed by atoms with Crippen LogP contribution in [-0.4, -0.2) is 34.9 Å². The maximum absolute atomic E-state index is 11.4. The van der Waals surface area contributed by atoms with Crippen LogP contribution in [0.4, 0.5) is 11.4 Å². The third-order valence-electron chi connectivity index (χ3n) is 4.63. The van der Waals surface area contributed by atoms with Gasteiger partial charge in [-0.1, -0.05) is 6.92 Å². The molecule has 0 atom stereocenters. The van der Waals surface area contributed by atoms with Crippen LogP contribution < -0.4 is 9.64 Å². The minimum absolute atomic E-state index is 0.0227. The van der Waals surface area contributed by atoms with Gasteiger partial charge < -0.3 is 9.64 Å². The molecule has 1 aliphatic rings. The summed E-state index contributed by atoms with van der Waals surface area (Å²) in [7, 11) is 3.30. The van der Waals surface area contributed by atoms with Crippen LogP contribution in [0.5, 0.6) is 5.75 Å². The van der Waals surface area contributed by atoms with Crippen molar-refractivity contribution in [3.63, 3.8) is 0 Å². The molecule has 0 radical (unpaired) electrons. The zero-order valence-corrected chi connectivity index (χ0v) is 14.2. The number of nitro benzene ring substituents is 1. The van der Waals surface area contributed by atoms with Crippen LogP contribution in [0.15, 0.2) is 24.5 Å². The lowest BCUT2D eigenvalue weighted by molar-refractivity contribution is -0.385. The predicted octanol–water partition coefficient (Wildman–Crippen LogP) is 3.24. The molecular weight excluding hydrogens is 308 g/mol. The molecule has 0 bridgehead atoms. The van der Waals surface area contributed by atoms with Gasteiger partial charge in [-0.3, -0.25) is 14.8 Å². The quantitative estimate of drug-likeness (QED) is 0.635. The number of piperidine rings is 1. The van der Waals surface area contributed by atoms with E-state index < -0.39 is 4.92 Å². The van der Waals surface area contributed by atoms with Crippen LogP contribution in [0, 0.1) is 16.0 Å². The Kier molecular flexibility index (Phi) is 4.42. The van der Waals surface area contributed by atoms with Gasteiger partial charge in [-0.2, -0.15) is 5.10 Å². The molecule has 7 heteroatoms. The van der Waals surface area contributed by atoms with E-state index in [0.717, 1.165) is 42.7 Å². The van der Waals surface area contributed by atoms with Crippen molar-refractivity contribution in [1.82, 2.24) is 9.78 Å². The largest absolute Gasteiger partial charge is 0.490 e. The number of aryl methyl sites for hydroxylation is 1. The van der Waals surface area contributed by atoms with E-state index in [4.69, 9.17) is 4.74 Å². The average molecular weight is 330 g/mol. The lowest BCUT2D eigenvalue weighted by Crippen LogP contribution is -2.33. The second-order valence-electron chi connectivity index (χ2n) is 6.37. The van der Waals surface area contributed by atoms with Gasteiger partial charge in [0.1, 0.15) is 0 Å². The van der Waals surface area contributed by atoms with Gasteiger partial charge in [0.05, 0.1) is 18.2 Å². The van der Waals surface area contributed by atoms with Crippen LogP contribution in [0.2, 0.25) is 0 Å². The molecule has 1 saturated heterocycles. The summed E-state index contributed by atoms with van der Waals surface area (Å²) in [5.74, 6) is 1.00. The highest BCUT2D eigenvalue weighted by Crippen LogP contribution is 2.41. The second-order valence-corrected chi connectivity index (χ2v) is 6.37. The van der Waals surface area contributed by atoms with E-state index in [1.165, 1.54) is 7.11 Å². The minimum Gasteiger partial charge on any atom is -0.490 e. The van der Waals surface area contributed by atoms with Crippen molar-refractivity contribution in [2.75, 3.05) is 25.1 Å². The summed E-state index contributed by atoms with van der Waals surface area (Å²) >= 11 is 0. The third-order valence-corrected chi connectivity index (χ3v) is 4.63. The van der Waals surface area contributed by atoms with Crippen molar-refractivity contribution in [3.05, 3.63) is 34.6 Å². The highest BCUT2D eigenvalue weighted by Gasteiger charge is 2.25. The molecule has 7 nitrogen and oxygen atoms in total. The molecular formula is C17H22N4O3. The van der Waals surface area contributed by atoms with Crippen molar-refractivity contribution in [2.24, 2.45) is 13.0 Å². The summed E-state index contributed by atoms with van der Waals surface area (Å²) in [6.45, 7) is 4.14. The van der Waals surface area contributed by atoms with Gasteiger partial charge in [0.25, 0.3) is 0 Å². The van der Waals surface area contributed by atoms with Crippen molar-refractivity contribution in [2.45, 2.75) is 19.8 Å². The number of ether oxygens (including phenoxy) is 1. The molecule has 2 aromatic rings. The summed E-state index contributed by atoms with van der Waals surface area (Å²) in [5, 5.41) is 15.6. The number of hydrogen-bond acceptors (Lipinski definition) is 5. The van der Waals surface area contributed by atoms with E-state index in [2.05, 4.69) is 16.9 Å². The van der Waals surface area contributed by atoms with Gasteiger partial charge >= 0.3 is 5.69 Å². The first-order valence-electron chi connectivity index (χ1n) is 8.10. The Morgan fingerprint density at radius 3 is 2.58 bits per heavy atom. The molecule has 1 aliphatic heterocycles. The smallest absolute Gasteiger partial charge is 0.311 e. The third kappa shape index (κ3) is 3.06. The van der Waals surface area contributed by atoms with Crippen LogP contribution >= 0.6 is 0 Å². The molecule has 128 valence electrons. The van der Waals surface area contributed by atoms with Gasteiger partial charge in [0.15, 0.2) is 5.75 Å². The van der Waals surface area contributed by atoms with E-state index in [-0.39, 0.29) is 5.69 Å². The first-order valence-corrected chi connectivity index (χ1v) is 8.10. The van der Waals surface area contributed by atoms with Crippen molar-refractivity contribution < 1.29 is 9.66 Å². The number of aromatic nitrogens is 2. The molecule has 1 aromatic heterocycles. The number of rotatable bonds is 4. The fourth-order valence-corrected chi connectivity index (χ4v) is 3.17. The normalized spacial score (nSPS) is 15.5. The monoisotopic (exact) mass is 330 g/mol. The maximum Gasteiger partial charge on any atom is 0.311 e. The SMILES string of the molecule is COc1cc(N2CCC(C)CC2)c(-c2cnn(C)c2)cc1[N+](=O)[O-]. The van der Waals surface area contributed by atoms with Gasteiger partial charge in [-0.25, -0.2) is 0 Å². The maximum atomic E-state index is 11.4. The van der Waals surface area contributed by atoms with Crippen LogP contribution in [0.1, 0.15) is 19.8 Å². The van der Waals surface area contributed by atoms with Gasteiger partial charge in [0, 0.05) is 55.3 Å². The summed E-state index contributed by atoms with van der Waals surface area (Å²) in [6.07, 6.45) is 5.85. The van der Waals surface area contributed by atoms with E-state index in [1.54, 1.807) is 23.0 Å². The molecule has 3 rings (SSSR count). The molecule has 1 fully saturated rings. The minimum atomic E-state index is -0.402. The van der Waals surface area contributed by atoms with Crippen molar-refractivity contribution in [3.8, 4) is 16.9 Å². The van der Waals surface area contributed by atoms with Crippen LogP contribution in [-0.2, 0) is 7.05 Å². The zero-order valence-electron chi connectivity index (χ0n) is 14.2. The Balaban J connectivity index is 2.12. The Hall–Kier alpha value is -2.57. The predicted molar refractivity (Wildman–Crippen MR) is 92.5 cm³/mol. The Labute approximate surface area is 141 Å². The molecule has 0 spiro atoms. The van der Waals surface area contributed by atoms with Crippen LogP contribution in [0.25, 0.3) is 11.1 Å². The molecule has 0 N–H and O–H groups in total. The standard InChI is InChI=1S/C17H22N4O3/c1-12-4-6-20(7-5-12)15-9-17(24-3)16(21(22)23)8-14(15)13-10-18-19(2)11-13/h8-12H,4-7H2,1-3H3. The lowest BCUT2D eigenvalue weighted by atomic mass is 9.97. The van der Waals surface area contributed by atoms with E-state index in [9.17, 15) is 10.1 Å². The second kappa shape index (κ2) is 6.51. The summed E-state index contributed by atoms with van der Waals surface area (Å²) in [5.41, 5.74) is 2.64. The fourth-order valence-electron chi connectivity index (χ4n) is 3.17. The topological polar surface area (TPSA) is 73.4 Å². The molecule has 0 aliphatic carbocycles.